The van der Waals surface area contributed by atoms with Crippen molar-refractivity contribution in [3.63, 3.8) is 0 Å². The standard InChI is InChI=1S/C22H26N2O7S2/c1-6-31-10-9-24-16-8-7-15(33(5,26)27)13-19(16)32-22(24)23-21(25)14-11-17(28-2)20(30-4)18(12-14)29-3/h7-8,11-13H,6,9-10H2,1-5H3. The van der Waals surface area contributed by atoms with Crippen LogP contribution >= 0.6 is 11.3 Å². The molecule has 0 radical (unpaired) electrons. The summed E-state index contributed by atoms with van der Waals surface area (Å²) >= 11 is 1.23. The highest BCUT2D eigenvalue weighted by atomic mass is 32.2. The molecule has 0 aliphatic carbocycles. The van der Waals surface area contributed by atoms with Gasteiger partial charge in [0.2, 0.25) is 5.75 Å². The van der Waals surface area contributed by atoms with Gasteiger partial charge in [-0.15, -0.1) is 0 Å². The van der Waals surface area contributed by atoms with Gasteiger partial charge >= 0.3 is 0 Å². The lowest BCUT2D eigenvalue weighted by molar-refractivity contribution is 0.0996. The van der Waals surface area contributed by atoms with Crippen LogP contribution < -0.4 is 19.0 Å². The average Bonchev–Trinajstić information content (AvgIpc) is 3.13. The summed E-state index contributed by atoms with van der Waals surface area (Å²) < 4.78 is 47.9. The van der Waals surface area contributed by atoms with Crippen LogP contribution in [-0.4, -0.2) is 59.7 Å². The quantitative estimate of drug-likeness (QED) is 0.421. The van der Waals surface area contributed by atoms with Crippen LogP contribution in [0.3, 0.4) is 0 Å². The maximum atomic E-state index is 13.1. The Morgan fingerprint density at radius 3 is 2.27 bits per heavy atom. The first-order valence-electron chi connectivity index (χ1n) is 10.0. The molecule has 2 aromatic carbocycles. The monoisotopic (exact) mass is 494 g/mol. The molecule has 0 atom stereocenters. The smallest absolute Gasteiger partial charge is 0.279 e. The zero-order valence-corrected chi connectivity index (χ0v) is 20.7. The number of amides is 1. The molecule has 0 saturated heterocycles. The van der Waals surface area contributed by atoms with E-state index in [-0.39, 0.29) is 10.5 Å². The minimum absolute atomic E-state index is 0.204. The lowest BCUT2D eigenvalue weighted by Crippen LogP contribution is -2.19. The molecule has 0 aliphatic heterocycles. The van der Waals surface area contributed by atoms with E-state index in [1.54, 1.807) is 18.2 Å². The van der Waals surface area contributed by atoms with Crippen LogP contribution in [0.5, 0.6) is 17.2 Å². The SMILES string of the molecule is CCOCCn1c(=NC(=O)c2cc(OC)c(OC)c(OC)c2)sc2cc(S(C)(=O)=O)ccc21. The van der Waals surface area contributed by atoms with E-state index in [1.807, 2.05) is 11.5 Å². The van der Waals surface area contributed by atoms with Gasteiger partial charge in [0.1, 0.15) is 0 Å². The summed E-state index contributed by atoms with van der Waals surface area (Å²) in [5, 5.41) is 0. The zero-order valence-electron chi connectivity index (χ0n) is 19.1. The zero-order chi connectivity index (χ0) is 24.2. The Balaban J connectivity index is 2.15. The van der Waals surface area contributed by atoms with Gasteiger partial charge in [-0.05, 0) is 37.3 Å². The van der Waals surface area contributed by atoms with Gasteiger partial charge in [-0.3, -0.25) is 4.79 Å². The lowest BCUT2D eigenvalue weighted by Gasteiger charge is -2.12. The minimum atomic E-state index is -3.37. The molecule has 11 heteroatoms. The Kier molecular flexibility index (Phi) is 7.77. The second-order valence-corrected chi connectivity index (χ2v) is 9.99. The maximum absolute atomic E-state index is 13.1. The van der Waals surface area contributed by atoms with E-state index in [0.717, 1.165) is 11.8 Å². The molecule has 0 saturated carbocycles. The van der Waals surface area contributed by atoms with Crippen LogP contribution in [0.2, 0.25) is 0 Å². The summed E-state index contributed by atoms with van der Waals surface area (Å²) in [5.74, 6) is 0.551. The van der Waals surface area contributed by atoms with Crippen LogP contribution in [-0.2, 0) is 21.1 Å². The van der Waals surface area contributed by atoms with Gasteiger partial charge in [0, 0.05) is 25.0 Å². The summed E-state index contributed by atoms with van der Waals surface area (Å²) in [4.78, 5) is 18.0. The van der Waals surface area contributed by atoms with Crippen molar-refractivity contribution in [3.8, 4) is 17.2 Å². The normalized spacial score (nSPS) is 12.2. The van der Waals surface area contributed by atoms with Gasteiger partial charge in [0.15, 0.2) is 26.1 Å². The third-order valence-corrected chi connectivity index (χ3v) is 7.01. The Morgan fingerprint density at radius 1 is 1.06 bits per heavy atom. The number of sulfone groups is 1. The summed E-state index contributed by atoms with van der Waals surface area (Å²) in [6.45, 7) is 3.32. The second-order valence-electron chi connectivity index (χ2n) is 6.97. The molecule has 1 heterocycles. The molecule has 0 bridgehead atoms. The number of benzene rings is 2. The fraction of sp³-hybridized carbons (Fsp3) is 0.364. The van der Waals surface area contributed by atoms with E-state index in [4.69, 9.17) is 18.9 Å². The molecule has 0 N–H and O–H groups in total. The maximum Gasteiger partial charge on any atom is 0.279 e. The van der Waals surface area contributed by atoms with E-state index < -0.39 is 15.7 Å². The molecule has 178 valence electrons. The number of carbonyl (C=O) groups is 1. The van der Waals surface area contributed by atoms with Gasteiger partial charge in [-0.25, -0.2) is 8.42 Å². The topological polar surface area (TPSA) is 105 Å². The first kappa shape index (κ1) is 24.7. The summed E-state index contributed by atoms with van der Waals surface area (Å²) in [6, 6.07) is 7.93. The first-order chi connectivity index (χ1) is 15.7. The van der Waals surface area contributed by atoms with E-state index >= 15 is 0 Å². The number of hydrogen-bond acceptors (Lipinski definition) is 8. The molecule has 9 nitrogen and oxygen atoms in total. The molecule has 3 aromatic rings. The average molecular weight is 495 g/mol. The van der Waals surface area contributed by atoms with Gasteiger partial charge in [-0.2, -0.15) is 4.99 Å². The third-order valence-electron chi connectivity index (χ3n) is 4.85. The number of aromatic nitrogens is 1. The third kappa shape index (κ3) is 5.37. The predicted molar refractivity (Wildman–Crippen MR) is 125 cm³/mol. The molecular weight excluding hydrogens is 468 g/mol. The number of nitrogens with zero attached hydrogens (tertiary/aromatic N) is 2. The summed E-state index contributed by atoms with van der Waals surface area (Å²) in [5.41, 5.74) is 1.03. The molecule has 1 aromatic heterocycles. The molecule has 0 spiro atoms. The molecule has 3 rings (SSSR count). The summed E-state index contributed by atoms with van der Waals surface area (Å²) in [7, 11) is 1.05. The van der Waals surface area contributed by atoms with Gasteiger partial charge in [0.25, 0.3) is 5.91 Å². The van der Waals surface area contributed by atoms with E-state index in [2.05, 4.69) is 4.99 Å². The predicted octanol–water partition coefficient (Wildman–Crippen LogP) is 2.91. The Labute approximate surface area is 196 Å². The number of thiazole rings is 1. The van der Waals surface area contributed by atoms with Crippen LogP contribution in [0.4, 0.5) is 0 Å². The minimum Gasteiger partial charge on any atom is -0.493 e. The van der Waals surface area contributed by atoms with Crippen LogP contribution in [0, 0.1) is 0 Å². The number of ether oxygens (including phenoxy) is 4. The first-order valence-corrected chi connectivity index (χ1v) is 12.7. The Hall–Kier alpha value is -2.89. The van der Waals surface area contributed by atoms with Gasteiger partial charge in [0.05, 0.1) is 43.0 Å². The second kappa shape index (κ2) is 10.4. The fourth-order valence-electron chi connectivity index (χ4n) is 3.24. The van der Waals surface area contributed by atoms with Crippen molar-refractivity contribution >= 4 is 37.3 Å². The van der Waals surface area contributed by atoms with Crippen molar-refractivity contribution in [1.82, 2.24) is 4.57 Å². The Bertz CT molecular complexity index is 1320. The molecule has 0 aliphatic rings. The van der Waals surface area contributed by atoms with Crippen molar-refractivity contribution in [2.24, 2.45) is 4.99 Å². The van der Waals surface area contributed by atoms with E-state index in [9.17, 15) is 13.2 Å². The lowest BCUT2D eigenvalue weighted by atomic mass is 10.1. The van der Waals surface area contributed by atoms with Crippen molar-refractivity contribution in [3.05, 3.63) is 40.7 Å². The highest BCUT2D eigenvalue weighted by Gasteiger charge is 2.18. The highest BCUT2D eigenvalue weighted by Crippen LogP contribution is 2.38. The van der Waals surface area contributed by atoms with E-state index in [0.29, 0.717) is 46.5 Å². The molecule has 33 heavy (non-hydrogen) atoms. The van der Waals surface area contributed by atoms with Crippen molar-refractivity contribution in [2.45, 2.75) is 18.4 Å². The van der Waals surface area contributed by atoms with Crippen molar-refractivity contribution in [1.29, 1.82) is 0 Å². The molecular formula is C22H26N2O7S2. The van der Waals surface area contributed by atoms with Crippen LogP contribution in [0.25, 0.3) is 10.2 Å². The Morgan fingerprint density at radius 2 is 1.73 bits per heavy atom. The van der Waals surface area contributed by atoms with Crippen LogP contribution in [0.15, 0.2) is 40.2 Å². The summed E-state index contributed by atoms with van der Waals surface area (Å²) in [6.07, 6.45) is 1.16. The number of carbonyl (C=O) groups excluding carboxylic acids is 1. The highest BCUT2D eigenvalue weighted by molar-refractivity contribution is 7.90. The largest absolute Gasteiger partial charge is 0.493 e. The van der Waals surface area contributed by atoms with Crippen LogP contribution in [0.1, 0.15) is 17.3 Å². The molecule has 0 unspecified atom stereocenters. The van der Waals surface area contributed by atoms with Gasteiger partial charge in [-0.1, -0.05) is 11.3 Å². The number of rotatable bonds is 9. The van der Waals surface area contributed by atoms with Crippen molar-refractivity contribution in [2.75, 3.05) is 40.8 Å². The molecule has 0 fully saturated rings. The molecule has 1 amide bonds. The number of hydrogen-bond donors (Lipinski definition) is 0. The number of methoxy groups -OCH3 is 3. The van der Waals surface area contributed by atoms with Crippen molar-refractivity contribution < 1.29 is 32.2 Å². The van der Waals surface area contributed by atoms with Gasteiger partial charge < -0.3 is 23.5 Å². The number of fused-ring (bicyclic) bond motifs is 1. The van der Waals surface area contributed by atoms with E-state index in [1.165, 1.54) is 44.8 Å². The fourth-order valence-corrected chi connectivity index (χ4v) is 5.06.